The number of carbonyl (C=O) groups is 1. The molecule has 2 aromatic rings. The molecular weight excluding hydrogens is 226 g/mol. The van der Waals surface area contributed by atoms with Crippen molar-refractivity contribution in [2.24, 2.45) is 0 Å². The predicted octanol–water partition coefficient (Wildman–Crippen LogP) is 3.09. The van der Waals surface area contributed by atoms with Crippen molar-refractivity contribution < 1.29 is 4.79 Å². The van der Waals surface area contributed by atoms with Crippen LogP contribution in [-0.4, -0.2) is 10.8 Å². The summed E-state index contributed by atoms with van der Waals surface area (Å²) in [7, 11) is 0. The van der Waals surface area contributed by atoms with E-state index in [9.17, 15) is 4.79 Å². The van der Waals surface area contributed by atoms with Crippen LogP contribution in [0.3, 0.4) is 0 Å². The Hall–Kier alpha value is -0.710. The third-order valence-corrected chi connectivity index (χ3v) is 3.43. The van der Waals surface area contributed by atoms with Crippen LogP contribution in [0.5, 0.6) is 0 Å². The van der Waals surface area contributed by atoms with Crippen LogP contribution in [0.4, 0.5) is 0 Å². The normalized spacial score (nSPS) is 10.2. The van der Waals surface area contributed by atoms with Gasteiger partial charge in [0.2, 0.25) is 5.78 Å². The minimum atomic E-state index is -0.0492. The van der Waals surface area contributed by atoms with E-state index >= 15 is 0 Å². The summed E-state index contributed by atoms with van der Waals surface area (Å²) in [6.45, 7) is 0. The van der Waals surface area contributed by atoms with Gasteiger partial charge in [-0.1, -0.05) is 11.6 Å². The van der Waals surface area contributed by atoms with E-state index in [0.717, 1.165) is 0 Å². The molecule has 0 saturated heterocycles. The number of rotatable bonds is 2. The van der Waals surface area contributed by atoms with E-state index < -0.39 is 0 Å². The highest BCUT2D eigenvalue weighted by molar-refractivity contribution is 7.19. The topological polar surface area (TPSA) is 30.0 Å². The summed E-state index contributed by atoms with van der Waals surface area (Å²) < 4.78 is 0.625. The second-order valence-corrected chi connectivity index (χ2v) is 4.88. The second-order valence-electron chi connectivity index (χ2n) is 2.27. The number of ketones is 1. The van der Waals surface area contributed by atoms with Crippen LogP contribution < -0.4 is 0 Å². The summed E-state index contributed by atoms with van der Waals surface area (Å²) in [6, 6.07) is 3.43. The first-order chi connectivity index (χ1) is 6.27. The molecule has 5 heteroatoms. The van der Waals surface area contributed by atoms with Gasteiger partial charge in [0.25, 0.3) is 0 Å². The van der Waals surface area contributed by atoms with Gasteiger partial charge in [0.05, 0.1) is 9.21 Å². The van der Waals surface area contributed by atoms with Crippen molar-refractivity contribution in [3.63, 3.8) is 0 Å². The number of carbonyl (C=O) groups excluding carboxylic acids is 1. The zero-order valence-corrected chi connectivity index (χ0v) is 8.75. The molecule has 2 aromatic heterocycles. The third-order valence-electron chi connectivity index (χ3n) is 1.42. The van der Waals surface area contributed by atoms with E-state index in [2.05, 4.69) is 4.98 Å². The lowest BCUT2D eigenvalue weighted by Gasteiger charge is -1.88. The Labute approximate surface area is 87.8 Å². The molecule has 0 unspecified atom stereocenters. The lowest BCUT2D eigenvalue weighted by Crippen LogP contribution is -1.96. The maximum absolute atomic E-state index is 11.6. The SMILES string of the molecule is O=C(c1ccc(Cl)s1)c1nccs1. The number of aromatic nitrogens is 1. The third kappa shape index (κ3) is 1.80. The molecule has 2 heterocycles. The Morgan fingerprint density at radius 2 is 2.31 bits per heavy atom. The van der Waals surface area contributed by atoms with Gasteiger partial charge in [-0.15, -0.1) is 22.7 Å². The molecule has 13 heavy (non-hydrogen) atoms. The van der Waals surface area contributed by atoms with E-state index in [0.29, 0.717) is 14.2 Å². The first-order valence-corrected chi connectivity index (χ1v) is 5.54. The predicted molar refractivity (Wildman–Crippen MR) is 54.9 cm³/mol. The van der Waals surface area contributed by atoms with Crippen LogP contribution in [0.2, 0.25) is 4.34 Å². The fraction of sp³-hybridized carbons (Fsp3) is 0. The molecule has 0 radical (unpaired) electrons. The lowest BCUT2D eigenvalue weighted by molar-refractivity contribution is 0.104. The van der Waals surface area contributed by atoms with Crippen molar-refractivity contribution in [2.45, 2.75) is 0 Å². The maximum Gasteiger partial charge on any atom is 0.231 e. The average Bonchev–Trinajstić information content (AvgIpc) is 2.72. The van der Waals surface area contributed by atoms with Crippen molar-refractivity contribution >= 4 is 40.1 Å². The smallest absolute Gasteiger partial charge is 0.231 e. The maximum atomic E-state index is 11.6. The number of hydrogen-bond donors (Lipinski definition) is 0. The summed E-state index contributed by atoms with van der Waals surface area (Å²) in [6.07, 6.45) is 1.62. The van der Waals surface area contributed by atoms with E-state index in [1.54, 1.807) is 23.7 Å². The van der Waals surface area contributed by atoms with Gasteiger partial charge < -0.3 is 0 Å². The van der Waals surface area contributed by atoms with Crippen LogP contribution in [0.25, 0.3) is 0 Å². The van der Waals surface area contributed by atoms with Crippen LogP contribution >= 0.6 is 34.3 Å². The highest BCUT2D eigenvalue weighted by Gasteiger charge is 2.13. The zero-order valence-electron chi connectivity index (χ0n) is 6.36. The minimum absolute atomic E-state index is 0.0492. The average molecular weight is 230 g/mol. The Bertz CT molecular complexity index is 421. The molecule has 0 atom stereocenters. The van der Waals surface area contributed by atoms with Crippen LogP contribution in [-0.2, 0) is 0 Å². The number of nitrogens with zero attached hydrogens (tertiary/aromatic N) is 1. The van der Waals surface area contributed by atoms with Crippen molar-refractivity contribution in [2.75, 3.05) is 0 Å². The molecule has 0 N–H and O–H groups in total. The summed E-state index contributed by atoms with van der Waals surface area (Å²) >= 11 is 8.33. The molecule has 0 amide bonds. The standard InChI is InChI=1S/C8H4ClNOS2/c9-6-2-1-5(13-6)7(11)8-10-3-4-12-8/h1-4H. The van der Waals surface area contributed by atoms with E-state index in [1.807, 2.05) is 0 Å². The molecule has 0 aliphatic rings. The number of thiazole rings is 1. The van der Waals surface area contributed by atoms with Crippen molar-refractivity contribution in [3.8, 4) is 0 Å². The molecule has 0 spiro atoms. The molecule has 2 rings (SSSR count). The molecule has 0 saturated carbocycles. The van der Waals surface area contributed by atoms with Gasteiger partial charge in [-0.2, -0.15) is 0 Å². The second kappa shape index (κ2) is 3.57. The fourth-order valence-corrected chi connectivity index (χ4v) is 2.52. The molecule has 0 aliphatic heterocycles. The molecule has 0 aliphatic carbocycles. The van der Waals surface area contributed by atoms with Gasteiger partial charge in [0, 0.05) is 11.6 Å². The van der Waals surface area contributed by atoms with Gasteiger partial charge in [-0.3, -0.25) is 4.79 Å². The first kappa shape index (κ1) is 8.87. The molecule has 0 bridgehead atoms. The van der Waals surface area contributed by atoms with Gasteiger partial charge in [-0.05, 0) is 12.1 Å². The van der Waals surface area contributed by atoms with Crippen molar-refractivity contribution in [3.05, 3.63) is 37.9 Å². The number of thiophene rings is 1. The highest BCUT2D eigenvalue weighted by atomic mass is 35.5. The van der Waals surface area contributed by atoms with Crippen molar-refractivity contribution in [1.82, 2.24) is 4.98 Å². The molecule has 0 aromatic carbocycles. The molecule has 0 fully saturated rings. The zero-order chi connectivity index (χ0) is 9.26. The number of hydrogen-bond acceptors (Lipinski definition) is 4. The Balaban J connectivity index is 2.33. The lowest BCUT2D eigenvalue weighted by atomic mass is 10.3. The van der Waals surface area contributed by atoms with E-state index in [-0.39, 0.29) is 5.78 Å². The summed E-state index contributed by atoms with van der Waals surface area (Å²) in [5.41, 5.74) is 0. The summed E-state index contributed by atoms with van der Waals surface area (Å²) in [5.74, 6) is -0.0492. The molecule has 2 nitrogen and oxygen atoms in total. The Morgan fingerprint density at radius 1 is 1.46 bits per heavy atom. The minimum Gasteiger partial charge on any atom is -0.285 e. The summed E-state index contributed by atoms with van der Waals surface area (Å²) in [5, 5.41) is 2.29. The molecular formula is C8H4ClNOS2. The summed E-state index contributed by atoms with van der Waals surface area (Å²) in [4.78, 5) is 16.2. The fourth-order valence-electron chi connectivity index (χ4n) is 0.877. The van der Waals surface area contributed by atoms with Gasteiger partial charge >= 0.3 is 0 Å². The number of halogens is 1. The molecule has 66 valence electrons. The van der Waals surface area contributed by atoms with Crippen LogP contribution in [0.15, 0.2) is 23.7 Å². The monoisotopic (exact) mass is 229 g/mol. The van der Waals surface area contributed by atoms with Gasteiger partial charge in [0.15, 0.2) is 5.01 Å². The first-order valence-electron chi connectivity index (χ1n) is 3.47. The Kier molecular flexibility index (Phi) is 2.44. The largest absolute Gasteiger partial charge is 0.285 e. The van der Waals surface area contributed by atoms with Gasteiger partial charge in [0.1, 0.15) is 0 Å². The van der Waals surface area contributed by atoms with Crippen molar-refractivity contribution in [1.29, 1.82) is 0 Å². The van der Waals surface area contributed by atoms with E-state index in [1.165, 1.54) is 22.7 Å². The van der Waals surface area contributed by atoms with Crippen LogP contribution in [0, 0.1) is 0 Å². The van der Waals surface area contributed by atoms with Gasteiger partial charge in [-0.25, -0.2) is 4.98 Å². The highest BCUT2D eigenvalue weighted by Crippen LogP contribution is 2.24. The quantitative estimate of drug-likeness (QED) is 0.741. The van der Waals surface area contributed by atoms with Crippen LogP contribution in [0.1, 0.15) is 14.7 Å². The Morgan fingerprint density at radius 3 is 2.85 bits per heavy atom. The van der Waals surface area contributed by atoms with E-state index in [4.69, 9.17) is 11.6 Å².